The van der Waals surface area contributed by atoms with Gasteiger partial charge in [-0.25, -0.2) is 0 Å². The molecule has 20 heavy (non-hydrogen) atoms. The first-order valence-electron chi connectivity index (χ1n) is 6.16. The smallest absolute Gasteiger partial charge is 0.371 e. The Bertz CT molecular complexity index is 491. The van der Waals surface area contributed by atoms with Crippen molar-refractivity contribution in [1.82, 2.24) is 4.90 Å². The number of primary amides is 1. The van der Waals surface area contributed by atoms with Gasteiger partial charge in [0.05, 0.1) is 24.8 Å². The number of benzene rings is 1. The van der Waals surface area contributed by atoms with Crippen molar-refractivity contribution in [2.75, 3.05) is 26.2 Å². The number of alkyl halides is 3. The van der Waals surface area contributed by atoms with E-state index in [0.717, 1.165) is 6.07 Å². The van der Waals surface area contributed by atoms with Gasteiger partial charge in [0, 0.05) is 13.1 Å². The first kappa shape index (κ1) is 14.8. The Balaban J connectivity index is 2.21. The number of carbonyl (C=O) groups is 1. The van der Waals surface area contributed by atoms with Crippen molar-refractivity contribution in [3.8, 4) is 0 Å². The van der Waals surface area contributed by atoms with E-state index < -0.39 is 23.8 Å². The van der Waals surface area contributed by atoms with Crippen LogP contribution in [0.15, 0.2) is 24.3 Å². The number of morpholine rings is 1. The lowest BCUT2D eigenvalue weighted by atomic mass is 10.0. The average molecular weight is 288 g/mol. The van der Waals surface area contributed by atoms with Crippen LogP contribution < -0.4 is 5.73 Å². The third-order valence-corrected chi connectivity index (χ3v) is 3.14. The molecule has 7 heteroatoms. The number of hydrogen-bond acceptors (Lipinski definition) is 3. The summed E-state index contributed by atoms with van der Waals surface area (Å²) in [4.78, 5) is 12.6. The quantitative estimate of drug-likeness (QED) is 0.918. The molecule has 1 aromatic carbocycles. The van der Waals surface area contributed by atoms with Gasteiger partial charge in [-0.3, -0.25) is 9.69 Å². The van der Waals surface area contributed by atoms with Gasteiger partial charge in [0.15, 0.2) is 0 Å². The summed E-state index contributed by atoms with van der Waals surface area (Å²) >= 11 is 0. The predicted octanol–water partition coefficient (Wildman–Crippen LogP) is 1.56. The second-order valence-electron chi connectivity index (χ2n) is 4.65. The molecule has 0 aliphatic carbocycles. The predicted molar refractivity (Wildman–Crippen MR) is 65.8 cm³/mol. The van der Waals surface area contributed by atoms with Crippen LogP contribution in [0.5, 0.6) is 0 Å². The molecule has 1 saturated heterocycles. The Hall–Kier alpha value is -1.60. The Morgan fingerprint density at radius 3 is 2.75 bits per heavy atom. The molecule has 1 amide bonds. The fourth-order valence-electron chi connectivity index (χ4n) is 2.29. The Morgan fingerprint density at radius 2 is 2.10 bits per heavy atom. The van der Waals surface area contributed by atoms with Gasteiger partial charge in [-0.05, 0) is 11.6 Å². The second kappa shape index (κ2) is 5.80. The lowest BCUT2D eigenvalue weighted by Gasteiger charge is -2.33. The molecule has 1 aromatic rings. The van der Waals surface area contributed by atoms with Crippen molar-refractivity contribution >= 4 is 5.91 Å². The maximum Gasteiger partial charge on any atom is 0.416 e. The Labute approximate surface area is 114 Å². The number of amides is 1. The molecule has 0 bridgehead atoms. The van der Waals surface area contributed by atoms with Crippen LogP contribution in [0.3, 0.4) is 0 Å². The molecule has 0 aromatic heterocycles. The van der Waals surface area contributed by atoms with Crippen molar-refractivity contribution < 1.29 is 22.7 Å². The molecule has 1 aliphatic heterocycles. The standard InChI is InChI=1S/C13H15F3N2O2/c14-13(15,16)10-4-2-1-3-9(10)11-7-18(5-6-20-11)8-12(17)19/h1-4,11H,5-8H2,(H2,17,19). The second-order valence-corrected chi connectivity index (χ2v) is 4.65. The van der Waals surface area contributed by atoms with Gasteiger partial charge in [-0.15, -0.1) is 0 Å². The number of hydrogen-bond donors (Lipinski definition) is 1. The highest BCUT2D eigenvalue weighted by molar-refractivity contribution is 5.75. The van der Waals surface area contributed by atoms with Crippen LogP contribution in [0.4, 0.5) is 13.2 Å². The van der Waals surface area contributed by atoms with Gasteiger partial charge in [0.1, 0.15) is 0 Å². The topological polar surface area (TPSA) is 55.6 Å². The molecule has 110 valence electrons. The summed E-state index contributed by atoms with van der Waals surface area (Å²) in [5, 5.41) is 0. The van der Waals surface area contributed by atoms with Crippen LogP contribution in [-0.2, 0) is 15.7 Å². The van der Waals surface area contributed by atoms with Gasteiger partial charge >= 0.3 is 6.18 Å². The zero-order valence-corrected chi connectivity index (χ0v) is 10.7. The zero-order chi connectivity index (χ0) is 14.8. The van der Waals surface area contributed by atoms with E-state index in [2.05, 4.69) is 0 Å². The van der Waals surface area contributed by atoms with Crippen molar-refractivity contribution in [3.63, 3.8) is 0 Å². The maximum absolute atomic E-state index is 13.0. The molecule has 0 radical (unpaired) electrons. The Kier molecular flexibility index (Phi) is 4.29. The minimum Gasteiger partial charge on any atom is -0.371 e. The molecule has 2 N–H and O–H groups in total. The van der Waals surface area contributed by atoms with Crippen LogP contribution in [0.2, 0.25) is 0 Å². The van der Waals surface area contributed by atoms with Crippen LogP contribution in [0.1, 0.15) is 17.2 Å². The molecule has 1 heterocycles. The number of nitrogens with two attached hydrogens (primary N) is 1. The van der Waals surface area contributed by atoms with E-state index in [0.29, 0.717) is 6.54 Å². The van der Waals surface area contributed by atoms with Crippen LogP contribution in [0, 0.1) is 0 Å². The summed E-state index contributed by atoms with van der Waals surface area (Å²) in [7, 11) is 0. The molecule has 1 fully saturated rings. The largest absolute Gasteiger partial charge is 0.416 e. The number of nitrogens with zero attached hydrogens (tertiary/aromatic N) is 1. The monoisotopic (exact) mass is 288 g/mol. The molecule has 4 nitrogen and oxygen atoms in total. The minimum absolute atomic E-state index is 0.0219. The maximum atomic E-state index is 13.0. The number of halogens is 3. The highest BCUT2D eigenvalue weighted by atomic mass is 19.4. The summed E-state index contributed by atoms with van der Waals surface area (Å²) in [5.41, 5.74) is 4.49. The lowest BCUT2D eigenvalue weighted by molar-refractivity contribution is -0.141. The van der Waals surface area contributed by atoms with E-state index in [1.54, 1.807) is 11.0 Å². The van der Waals surface area contributed by atoms with Crippen LogP contribution >= 0.6 is 0 Å². The van der Waals surface area contributed by atoms with E-state index in [-0.39, 0.29) is 25.3 Å². The molecule has 0 spiro atoms. The fourth-order valence-corrected chi connectivity index (χ4v) is 2.29. The van der Waals surface area contributed by atoms with Crippen molar-refractivity contribution in [1.29, 1.82) is 0 Å². The van der Waals surface area contributed by atoms with Crippen LogP contribution in [-0.4, -0.2) is 37.0 Å². The molecule has 0 saturated carbocycles. The average Bonchev–Trinajstić information content (AvgIpc) is 2.37. The van der Waals surface area contributed by atoms with E-state index >= 15 is 0 Å². The third kappa shape index (κ3) is 3.49. The molecule has 1 aliphatic rings. The fraction of sp³-hybridized carbons (Fsp3) is 0.462. The molecule has 2 rings (SSSR count). The summed E-state index contributed by atoms with van der Waals surface area (Å²) in [6.07, 6.45) is -5.13. The molecular formula is C13H15F3N2O2. The molecule has 1 unspecified atom stereocenters. The Morgan fingerprint density at radius 1 is 1.40 bits per heavy atom. The molecular weight excluding hydrogens is 273 g/mol. The minimum atomic E-state index is -4.42. The zero-order valence-electron chi connectivity index (χ0n) is 10.7. The third-order valence-electron chi connectivity index (χ3n) is 3.14. The number of ether oxygens (including phenoxy) is 1. The lowest BCUT2D eigenvalue weighted by Crippen LogP contribution is -2.43. The van der Waals surface area contributed by atoms with Gasteiger partial charge < -0.3 is 10.5 Å². The van der Waals surface area contributed by atoms with E-state index in [1.807, 2.05) is 0 Å². The SMILES string of the molecule is NC(=O)CN1CCOC(c2ccccc2C(F)(F)F)C1. The first-order valence-corrected chi connectivity index (χ1v) is 6.16. The highest BCUT2D eigenvalue weighted by Gasteiger charge is 2.36. The summed E-state index contributed by atoms with van der Waals surface area (Å²) in [6, 6.07) is 5.32. The van der Waals surface area contributed by atoms with Crippen molar-refractivity contribution in [2.45, 2.75) is 12.3 Å². The van der Waals surface area contributed by atoms with Gasteiger partial charge in [0.2, 0.25) is 5.91 Å². The summed E-state index contributed by atoms with van der Waals surface area (Å²) < 4.78 is 44.3. The van der Waals surface area contributed by atoms with E-state index in [9.17, 15) is 18.0 Å². The van der Waals surface area contributed by atoms with Crippen molar-refractivity contribution in [3.05, 3.63) is 35.4 Å². The normalized spacial score (nSPS) is 20.9. The summed E-state index contributed by atoms with van der Waals surface area (Å²) in [6.45, 7) is 0.988. The summed E-state index contributed by atoms with van der Waals surface area (Å²) in [5.74, 6) is -0.505. The number of carbonyl (C=O) groups excluding carboxylic acids is 1. The van der Waals surface area contributed by atoms with Gasteiger partial charge in [0.25, 0.3) is 0 Å². The highest BCUT2D eigenvalue weighted by Crippen LogP contribution is 2.36. The molecule has 1 atom stereocenters. The van der Waals surface area contributed by atoms with E-state index in [1.165, 1.54) is 12.1 Å². The van der Waals surface area contributed by atoms with Crippen LogP contribution in [0.25, 0.3) is 0 Å². The number of rotatable bonds is 3. The van der Waals surface area contributed by atoms with Gasteiger partial charge in [-0.2, -0.15) is 13.2 Å². The van der Waals surface area contributed by atoms with Crippen molar-refractivity contribution in [2.24, 2.45) is 5.73 Å². The first-order chi connectivity index (χ1) is 9.38. The van der Waals surface area contributed by atoms with E-state index in [4.69, 9.17) is 10.5 Å². The van der Waals surface area contributed by atoms with Gasteiger partial charge in [-0.1, -0.05) is 18.2 Å².